The van der Waals surface area contributed by atoms with Crippen molar-refractivity contribution in [1.29, 1.82) is 0 Å². The molecule has 0 saturated heterocycles. The lowest BCUT2D eigenvalue weighted by Crippen LogP contribution is -2.42. The quantitative estimate of drug-likeness (QED) is 0.424. The van der Waals surface area contributed by atoms with E-state index in [4.69, 9.17) is 14.2 Å². The fourth-order valence-corrected chi connectivity index (χ4v) is 4.13. The van der Waals surface area contributed by atoms with Gasteiger partial charge in [-0.25, -0.2) is 0 Å². The predicted molar refractivity (Wildman–Crippen MR) is 94.5 cm³/mol. The maximum atomic E-state index is 12.0. The smallest absolute Gasteiger partial charge is 0.296 e. The summed E-state index contributed by atoms with van der Waals surface area (Å²) in [5, 5.41) is 0. The summed E-state index contributed by atoms with van der Waals surface area (Å²) in [5.41, 5.74) is 2.20. The van der Waals surface area contributed by atoms with E-state index < -0.39 is 10.1 Å². The van der Waals surface area contributed by atoms with Gasteiger partial charge in [0.1, 0.15) is 18.4 Å². The molecule has 0 aromatic heterocycles. The number of ether oxygens (including phenoxy) is 3. The summed E-state index contributed by atoms with van der Waals surface area (Å²) < 4.78 is 49.1. The Bertz CT molecular complexity index is 701. The molecular formula is C17H27NO6S. The number of rotatable bonds is 8. The number of hydrogen-bond acceptors (Lipinski definition) is 6. The second-order valence-electron chi connectivity index (χ2n) is 7.10. The van der Waals surface area contributed by atoms with E-state index in [9.17, 15) is 13.0 Å². The van der Waals surface area contributed by atoms with Gasteiger partial charge in [0.05, 0.1) is 12.3 Å². The lowest BCUT2D eigenvalue weighted by molar-refractivity contribution is -0.0291. The minimum Gasteiger partial charge on any atom is -0.364 e. The lowest BCUT2D eigenvalue weighted by Gasteiger charge is -2.41. The van der Waals surface area contributed by atoms with Crippen LogP contribution in [0.4, 0.5) is 5.69 Å². The highest BCUT2D eigenvalue weighted by Crippen LogP contribution is 2.40. The summed E-state index contributed by atoms with van der Waals surface area (Å²) in [7, 11) is -1.24. The SMILES string of the molecule is COCOCCc1cc2c(c(S(=O)(=O)O)c1)N(COC)CC(C)(C)C2. The highest BCUT2D eigenvalue weighted by molar-refractivity contribution is 7.86. The maximum Gasteiger partial charge on any atom is 0.296 e. The van der Waals surface area contributed by atoms with Crippen molar-refractivity contribution >= 4 is 15.8 Å². The average molecular weight is 373 g/mol. The Morgan fingerprint density at radius 3 is 2.56 bits per heavy atom. The fourth-order valence-electron chi connectivity index (χ4n) is 3.33. The molecule has 0 bridgehead atoms. The van der Waals surface area contributed by atoms with Crippen LogP contribution in [0.2, 0.25) is 0 Å². The highest BCUT2D eigenvalue weighted by atomic mass is 32.2. The van der Waals surface area contributed by atoms with Crippen LogP contribution in [-0.4, -0.2) is 53.9 Å². The highest BCUT2D eigenvalue weighted by Gasteiger charge is 2.34. The Morgan fingerprint density at radius 2 is 1.96 bits per heavy atom. The molecule has 0 atom stereocenters. The molecule has 7 nitrogen and oxygen atoms in total. The monoisotopic (exact) mass is 373 g/mol. The number of anilines is 1. The first-order chi connectivity index (χ1) is 11.7. The van der Waals surface area contributed by atoms with E-state index in [0.29, 0.717) is 25.3 Å². The van der Waals surface area contributed by atoms with Crippen LogP contribution in [0.5, 0.6) is 0 Å². The Morgan fingerprint density at radius 1 is 1.24 bits per heavy atom. The molecule has 0 aliphatic carbocycles. The molecule has 0 saturated carbocycles. The molecule has 0 spiro atoms. The van der Waals surface area contributed by atoms with E-state index in [2.05, 4.69) is 13.8 Å². The van der Waals surface area contributed by atoms with E-state index in [1.165, 1.54) is 6.07 Å². The van der Waals surface area contributed by atoms with Crippen molar-refractivity contribution in [2.24, 2.45) is 5.41 Å². The average Bonchev–Trinajstić information content (AvgIpc) is 2.49. The van der Waals surface area contributed by atoms with Gasteiger partial charge < -0.3 is 19.1 Å². The van der Waals surface area contributed by atoms with E-state index in [1.54, 1.807) is 14.2 Å². The molecule has 1 heterocycles. The molecule has 1 aliphatic heterocycles. The van der Waals surface area contributed by atoms with Crippen LogP contribution in [0.25, 0.3) is 0 Å². The largest absolute Gasteiger partial charge is 0.364 e. The molecule has 1 aliphatic rings. The molecule has 0 radical (unpaired) electrons. The van der Waals surface area contributed by atoms with Crippen molar-refractivity contribution < 1.29 is 27.2 Å². The van der Waals surface area contributed by atoms with E-state index in [-0.39, 0.29) is 23.8 Å². The molecule has 1 aromatic rings. The third kappa shape index (κ3) is 5.15. The van der Waals surface area contributed by atoms with E-state index in [1.807, 2.05) is 11.0 Å². The molecule has 1 aromatic carbocycles. The van der Waals surface area contributed by atoms with Crippen LogP contribution < -0.4 is 4.90 Å². The Kier molecular flexibility index (Phi) is 6.45. The van der Waals surface area contributed by atoms with Crippen molar-refractivity contribution in [3.63, 3.8) is 0 Å². The Hall–Kier alpha value is -1.19. The summed E-state index contributed by atoms with van der Waals surface area (Å²) in [4.78, 5) is 1.80. The van der Waals surface area contributed by atoms with Crippen molar-refractivity contribution in [3.8, 4) is 0 Å². The number of fused-ring (bicyclic) bond motifs is 1. The van der Waals surface area contributed by atoms with Crippen LogP contribution in [-0.2, 0) is 37.2 Å². The minimum atomic E-state index is -4.35. The van der Waals surface area contributed by atoms with Crippen LogP contribution >= 0.6 is 0 Å². The molecule has 142 valence electrons. The molecule has 0 amide bonds. The van der Waals surface area contributed by atoms with Crippen LogP contribution in [0, 0.1) is 5.41 Å². The standard InChI is InChI=1S/C17H27NO6S/c1-17(2)9-14-7-13(5-6-24-12-23-4)8-15(25(19,20)21)16(14)18(10-17)11-22-3/h7-8H,5-6,9-12H2,1-4H3,(H,19,20,21). The first-order valence-electron chi connectivity index (χ1n) is 8.12. The normalized spacial score (nSPS) is 16.8. The molecule has 8 heteroatoms. The van der Waals surface area contributed by atoms with Gasteiger partial charge in [-0.15, -0.1) is 0 Å². The van der Waals surface area contributed by atoms with Gasteiger partial charge in [0.25, 0.3) is 10.1 Å². The molecule has 1 N–H and O–H groups in total. The van der Waals surface area contributed by atoms with Crippen LogP contribution in [0.1, 0.15) is 25.0 Å². The van der Waals surface area contributed by atoms with E-state index in [0.717, 1.165) is 17.5 Å². The van der Waals surface area contributed by atoms with Crippen molar-refractivity contribution in [2.45, 2.75) is 31.6 Å². The minimum absolute atomic E-state index is 0.0345. The summed E-state index contributed by atoms with van der Waals surface area (Å²) in [6.07, 6.45) is 1.25. The molecular weight excluding hydrogens is 346 g/mol. The third-order valence-electron chi connectivity index (χ3n) is 4.12. The molecule has 25 heavy (non-hydrogen) atoms. The third-order valence-corrected chi connectivity index (χ3v) is 4.98. The van der Waals surface area contributed by atoms with Crippen LogP contribution in [0.3, 0.4) is 0 Å². The topological polar surface area (TPSA) is 85.3 Å². The Labute approximate surface area is 149 Å². The number of nitrogens with zero attached hydrogens (tertiary/aromatic N) is 1. The van der Waals surface area contributed by atoms with Gasteiger partial charge >= 0.3 is 0 Å². The number of hydrogen-bond donors (Lipinski definition) is 1. The van der Waals surface area contributed by atoms with Crippen LogP contribution in [0.15, 0.2) is 17.0 Å². The second kappa shape index (κ2) is 8.01. The zero-order chi connectivity index (χ0) is 18.7. The maximum absolute atomic E-state index is 12.0. The molecule has 0 fully saturated rings. The molecule has 2 rings (SSSR count). The van der Waals surface area contributed by atoms with Gasteiger partial charge in [-0.3, -0.25) is 4.55 Å². The zero-order valence-corrected chi connectivity index (χ0v) is 16.1. The summed E-state index contributed by atoms with van der Waals surface area (Å²) in [6.45, 7) is 5.75. The fraction of sp³-hybridized carbons (Fsp3) is 0.647. The zero-order valence-electron chi connectivity index (χ0n) is 15.2. The van der Waals surface area contributed by atoms with Gasteiger partial charge in [0, 0.05) is 20.8 Å². The number of benzene rings is 1. The van der Waals surface area contributed by atoms with Gasteiger partial charge in [-0.1, -0.05) is 19.9 Å². The summed E-state index contributed by atoms with van der Waals surface area (Å²) >= 11 is 0. The summed E-state index contributed by atoms with van der Waals surface area (Å²) in [5.74, 6) is 0. The predicted octanol–water partition coefficient (Wildman–Crippen LogP) is 2.09. The van der Waals surface area contributed by atoms with Gasteiger partial charge in [0.2, 0.25) is 0 Å². The van der Waals surface area contributed by atoms with Gasteiger partial charge in [-0.05, 0) is 35.4 Å². The van der Waals surface area contributed by atoms with Gasteiger partial charge in [-0.2, -0.15) is 8.42 Å². The van der Waals surface area contributed by atoms with Crippen molar-refractivity contribution in [1.82, 2.24) is 0 Å². The van der Waals surface area contributed by atoms with Crippen molar-refractivity contribution in [3.05, 3.63) is 23.3 Å². The van der Waals surface area contributed by atoms with Gasteiger partial charge in [0.15, 0.2) is 0 Å². The lowest BCUT2D eigenvalue weighted by atomic mass is 9.80. The first-order valence-corrected chi connectivity index (χ1v) is 9.56. The second-order valence-corrected chi connectivity index (χ2v) is 8.49. The van der Waals surface area contributed by atoms with Crippen molar-refractivity contribution in [2.75, 3.05) is 45.8 Å². The molecule has 0 unspecified atom stereocenters. The Balaban J connectivity index is 2.46. The van der Waals surface area contributed by atoms with E-state index >= 15 is 0 Å². The first kappa shape index (κ1) is 20.1. The number of methoxy groups -OCH3 is 2. The summed E-state index contributed by atoms with van der Waals surface area (Å²) in [6, 6.07) is 3.51.